The van der Waals surface area contributed by atoms with Crippen molar-refractivity contribution >= 4 is 25.0 Å². The van der Waals surface area contributed by atoms with E-state index in [2.05, 4.69) is 61.1 Å². The second-order valence-corrected chi connectivity index (χ2v) is 14.4. The Bertz CT molecular complexity index is 887. The molecule has 0 radical (unpaired) electrons. The molecule has 2 atom stereocenters. The molecule has 26 heavy (non-hydrogen) atoms. The van der Waals surface area contributed by atoms with E-state index in [1.54, 1.807) is 11.3 Å². The standard InChI is InChI=1S/C22H26O2SSi/c1-26(2,3)13-17-20-16(21(23)22(17)24)10-5-8-14-7-4-9-15(19(14)20)18-11-6-12-25-18/h4,6-7,9,11-13,21-24H,5,8,10H2,1-3H3/b17-13-/t21-,22+/m0/s1. The number of benzene rings is 1. The van der Waals surface area contributed by atoms with E-state index < -0.39 is 20.3 Å². The first-order valence-electron chi connectivity index (χ1n) is 9.35. The van der Waals surface area contributed by atoms with Gasteiger partial charge in [-0.15, -0.1) is 11.3 Å². The minimum Gasteiger partial charge on any atom is -0.386 e. The van der Waals surface area contributed by atoms with Crippen molar-refractivity contribution < 1.29 is 10.2 Å². The third kappa shape index (κ3) is 3.05. The smallest absolute Gasteiger partial charge is 0.109 e. The van der Waals surface area contributed by atoms with Crippen LogP contribution in [0.1, 0.15) is 24.0 Å². The topological polar surface area (TPSA) is 40.5 Å². The number of aryl methyl sites for hydroxylation is 1. The van der Waals surface area contributed by atoms with Gasteiger partial charge in [0.1, 0.15) is 12.2 Å². The van der Waals surface area contributed by atoms with E-state index in [0.717, 1.165) is 36.0 Å². The van der Waals surface area contributed by atoms with E-state index in [0.29, 0.717) is 0 Å². The highest BCUT2D eigenvalue weighted by Gasteiger charge is 2.40. The molecule has 0 aliphatic heterocycles. The molecular formula is C22H26O2SSi. The molecule has 1 heterocycles. The van der Waals surface area contributed by atoms with Crippen LogP contribution in [0.4, 0.5) is 0 Å². The summed E-state index contributed by atoms with van der Waals surface area (Å²) in [5.41, 5.74) is 9.21. The largest absolute Gasteiger partial charge is 0.386 e. The summed E-state index contributed by atoms with van der Waals surface area (Å²) in [6.07, 6.45) is 1.33. The van der Waals surface area contributed by atoms with Gasteiger partial charge in [-0.05, 0) is 64.1 Å². The van der Waals surface area contributed by atoms with Gasteiger partial charge in [0, 0.05) is 4.88 Å². The Kier molecular flexibility index (Phi) is 4.56. The van der Waals surface area contributed by atoms with Crippen molar-refractivity contribution in [1.82, 2.24) is 0 Å². The molecule has 2 aliphatic rings. The van der Waals surface area contributed by atoms with Gasteiger partial charge in [0.05, 0.1) is 8.07 Å². The number of rotatable bonds is 2. The van der Waals surface area contributed by atoms with Crippen molar-refractivity contribution in [3.8, 4) is 10.4 Å². The van der Waals surface area contributed by atoms with Crippen molar-refractivity contribution in [2.45, 2.75) is 51.1 Å². The number of fused-ring (bicyclic) bond motifs is 2. The molecule has 2 aromatic rings. The summed E-state index contributed by atoms with van der Waals surface area (Å²) in [5, 5.41) is 23.8. The van der Waals surface area contributed by atoms with Crippen LogP contribution in [0.15, 0.2) is 52.6 Å². The Morgan fingerprint density at radius 3 is 2.54 bits per heavy atom. The lowest BCUT2D eigenvalue weighted by atomic mass is 9.89. The number of hydrogen-bond acceptors (Lipinski definition) is 3. The van der Waals surface area contributed by atoms with Gasteiger partial charge in [-0.25, -0.2) is 0 Å². The molecule has 1 aromatic heterocycles. The van der Waals surface area contributed by atoms with Crippen molar-refractivity contribution in [2.75, 3.05) is 0 Å². The van der Waals surface area contributed by atoms with Gasteiger partial charge in [-0.3, -0.25) is 0 Å². The Balaban J connectivity index is 2.01. The zero-order valence-electron chi connectivity index (χ0n) is 15.6. The zero-order chi connectivity index (χ0) is 18.5. The van der Waals surface area contributed by atoms with Crippen LogP contribution in [0.25, 0.3) is 16.0 Å². The fourth-order valence-electron chi connectivity index (χ4n) is 4.25. The van der Waals surface area contributed by atoms with Crippen LogP contribution in [0.2, 0.25) is 19.6 Å². The lowest BCUT2D eigenvalue weighted by Crippen LogP contribution is -2.26. The van der Waals surface area contributed by atoms with Crippen molar-refractivity contribution in [1.29, 1.82) is 0 Å². The van der Waals surface area contributed by atoms with Gasteiger partial charge < -0.3 is 10.2 Å². The Hall–Kier alpha value is -1.46. The second-order valence-electron chi connectivity index (χ2n) is 8.43. The Labute approximate surface area is 160 Å². The molecule has 0 spiro atoms. The van der Waals surface area contributed by atoms with Crippen LogP contribution >= 0.6 is 11.3 Å². The van der Waals surface area contributed by atoms with E-state index in [1.165, 1.54) is 21.6 Å². The van der Waals surface area contributed by atoms with Crippen molar-refractivity contribution in [3.05, 3.63) is 63.7 Å². The van der Waals surface area contributed by atoms with Gasteiger partial charge in [0.15, 0.2) is 0 Å². The summed E-state index contributed by atoms with van der Waals surface area (Å²) in [7, 11) is -1.56. The first-order valence-corrected chi connectivity index (χ1v) is 13.8. The van der Waals surface area contributed by atoms with E-state index >= 15 is 0 Å². The average Bonchev–Trinajstić information content (AvgIpc) is 3.12. The van der Waals surface area contributed by atoms with E-state index in [1.807, 2.05) is 0 Å². The molecule has 0 saturated heterocycles. The van der Waals surface area contributed by atoms with Gasteiger partial charge in [-0.2, -0.15) is 0 Å². The molecule has 136 valence electrons. The SMILES string of the molecule is C[Si](C)(C)/C=C1/C2=C(CCCc3cccc(-c4cccs4)c32)[C@H](O)[C@@H]1O. The fourth-order valence-corrected chi connectivity index (χ4v) is 6.26. The van der Waals surface area contributed by atoms with Crippen LogP contribution in [0.5, 0.6) is 0 Å². The van der Waals surface area contributed by atoms with E-state index in [4.69, 9.17) is 0 Å². The Morgan fingerprint density at radius 2 is 1.85 bits per heavy atom. The summed E-state index contributed by atoms with van der Waals surface area (Å²) in [6.45, 7) is 6.83. The summed E-state index contributed by atoms with van der Waals surface area (Å²) in [6, 6.07) is 10.8. The number of hydrogen-bond donors (Lipinski definition) is 2. The predicted molar refractivity (Wildman–Crippen MR) is 113 cm³/mol. The lowest BCUT2D eigenvalue weighted by molar-refractivity contribution is 0.0741. The maximum absolute atomic E-state index is 10.9. The average molecular weight is 383 g/mol. The predicted octanol–water partition coefficient (Wildman–Crippen LogP) is 5.04. The van der Waals surface area contributed by atoms with Gasteiger partial charge in [0.25, 0.3) is 0 Å². The maximum Gasteiger partial charge on any atom is 0.109 e. The summed E-state index contributed by atoms with van der Waals surface area (Å²) in [5.74, 6) is 0. The highest BCUT2D eigenvalue weighted by atomic mass is 32.1. The summed E-state index contributed by atoms with van der Waals surface area (Å²) in [4.78, 5) is 1.25. The molecule has 2 nitrogen and oxygen atoms in total. The molecule has 0 bridgehead atoms. The molecule has 0 saturated carbocycles. The molecule has 2 N–H and O–H groups in total. The summed E-state index contributed by atoms with van der Waals surface area (Å²) >= 11 is 1.75. The van der Waals surface area contributed by atoms with Crippen LogP contribution in [-0.4, -0.2) is 30.5 Å². The quantitative estimate of drug-likeness (QED) is 0.714. The summed E-state index contributed by atoms with van der Waals surface area (Å²) < 4.78 is 0. The number of aliphatic hydroxyl groups excluding tert-OH is 2. The molecule has 4 rings (SSSR count). The van der Waals surface area contributed by atoms with Gasteiger partial charge in [-0.1, -0.05) is 49.6 Å². The monoisotopic (exact) mass is 382 g/mol. The zero-order valence-corrected chi connectivity index (χ0v) is 17.4. The third-order valence-electron chi connectivity index (χ3n) is 5.25. The number of aliphatic hydroxyl groups is 2. The lowest BCUT2D eigenvalue weighted by Gasteiger charge is -2.20. The molecule has 0 amide bonds. The van der Waals surface area contributed by atoms with Crippen molar-refractivity contribution in [3.63, 3.8) is 0 Å². The highest BCUT2D eigenvalue weighted by Crippen LogP contribution is 2.48. The molecule has 2 aliphatic carbocycles. The molecule has 0 fully saturated rings. The van der Waals surface area contributed by atoms with Gasteiger partial charge >= 0.3 is 0 Å². The molecular weight excluding hydrogens is 356 g/mol. The maximum atomic E-state index is 10.9. The fraction of sp³-hybridized carbons (Fsp3) is 0.364. The molecule has 1 aromatic carbocycles. The van der Waals surface area contributed by atoms with E-state index in [9.17, 15) is 10.2 Å². The van der Waals surface area contributed by atoms with Crippen molar-refractivity contribution in [2.24, 2.45) is 0 Å². The first-order chi connectivity index (χ1) is 12.4. The van der Waals surface area contributed by atoms with Gasteiger partial charge in [0.2, 0.25) is 0 Å². The first kappa shape index (κ1) is 17.9. The second kappa shape index (κ2) is 6.61. The molecule has 0 unspecified atom stereocenters. The minimum absolute atomic E-state index is 0.769. The van der Waals surface area contributed by atoms with Crippen LogP contribution in [0, 0.1) is 0 Å². The third-order valence-corrected chi connectivity index (χ3v) is 7.33. The van der Waals surface area contributed by atoms with E-state index in [-0.39, 0.29) is 0 Å². The molecule has 4 heteroatoms. The Morgan fingerprint density at radius 1 is 1.04 bits per heavy atom. The van der Waals surface area contributed by atoms with Crippen LogP contribution < -0.4 is 0 Å². The van der Waals surface area contributed by atoms with Crippen LogP contribution in [-0.2, 0) is 6.42 Å². The normalized spacial score (nSPS) is 24.6. The highest BCUT2D eigenvalue weighted by molar-refractivity contribution is 7.13. The van der Waals surface area contributed by atoms with Crippen LogP contribution in [0.3, 0.4) is 0 Å². The number of thiophene rings is 1. The minimum atomic E-state index is -1.56.